The van der Waals surface area contributed by atoms with Crippen LogP contribution in [0, 0.1) is 0 Å². The molecule has 1 unspecified atom stereocenters. The van der Waals surface area contributed by atoms with Crippen molar-refractivity contribution in [3.05, 3.63) is 53.0 Å². The minimum Gasteiger partial charge on any atom is -0.484 e. The third kappa shape index (κ3) is 5.37. The molecule has 23 heavy (non-hydrogen) atoms. The number of hydrogen-bond acceptors (Lipinski definition) is 3. The summed E-state index contributed by atoms with van der Waals surface area (Å²) in [6, 6.07) is 11.4. The normalized spacial score (nSPS) is 12.5. The van der Waals surface area contributed by atoms with Gasteiger partial charge in [0.2, 0.25) is 0 Å². The molecule has 5 heteroatoms. The van der Waals surface area contributed by atoms with E-state index < -0.39 is 0 Å². The minimum atomic E-state index is -0.281. The number of aliphatic hydroxyl groups excluding tert-OH is 1. The first-order valence-corrected chi connectivity index (χ1v) is 8.25. The number of fused-ring (bicyclic) bond motifs is 1. The van der Waals surface area contributed by atoms with Crippen LogP contribution >= 0.6 is 15.9 Å². The predicted octanol–water partition coefficient (Wildman–Crippen LogP) is 3.42. The number of carbonyl (C=O) groups is 1. The Morgan fingerprint density at radius 3 is 2.78 bits per heavy atom. The summed E-state index contributed by atoms with van der Waals surface area (Å²) in [6.07, 6.45) is 4.39. The Bertz CT molecular complexity index is 700. The van der Waals surface area contributed by atoms with Gasteiger partial charge < -0.3 is 15.2 Å². The van der Waals surface area contributed by atoms with Crippen molar-refractivity contribution < 1.29 is 14.6 Å². The molecule has 2 rings (SSSR count). The molecular formula is C18H20BrNO3. The molecule has 2 aromatic rings. The van der Waals surface area contributed by atoms with Gasteiger partial charge in [0.1, 0.15) is 5.75 Å². The molecule has 1 atom stereocenters. The van der Waals surface area contributed by atoms with E-state index in [1.54, 1.807) is 0 Å². The van der Waals surface area contributed by atoms with E-state index in [0.717, 1.165) is 15.2 Å². The maximum atomic E-state index is 11.9. The van der Waals surface area contributed by atoms with Crippen molar-refractivity contribution in [1.82, 2.24) is 5.32 Å². The molecule has 122 valence electrons. The van der Waals surface area contributed by atoms with Gasteiger partial charge in [-0.2, -0.15) is 0 Å². The Morgan fingerprint density at radius 1 is 1.30 bits per heavy atom. The van der Waals surface area contributed by atoms with E-state index >= 15 is 0 Å². The summed E-state index contributed by atoms with van der Waals surface area (Å²) in [5.41, 5.74) is 0. The standard InChI is InChI=1S/C18H20BrNO3/c1-2-3-4-16(11-21)20-18(22)12-23-17-8-6-13-9-15(19)7-5-14(13)10-17/h2-3,5-10,16,21H,4,11-12H2,1H3,(H,20,22)/b3-2+. The van der Waals surface area contributed by atoms with E-state index in [1.807, 2.05) is 55.5 Å². The maximum absolute atomic E-state index is 11.9. The summed E-state index contributed by atoms with van der Waals surface area (Å²) in [4.78, 5) is 11.9. The molecule has 0 aliphatic heterocycles. The molecule has 0 saturated heterocycles. The highest BCUT2D eigenvalue weighted by Crippen LogP contribution is 2.24. The van der Waals surface area contributed by atoms with Gasteiger partial charge in [0, 0.05) is 4.47 Å². The van der Waals surface area contributed by atoms with Crippen LogP contribution in [-0.2, 0) is 4.79 Å². The molecule has 0 saturated carbocycles. The second-order valence-electron chi connectivity index (χ2n) is 5.19. The molecule has 4 nitrogen and oxygen atoms in total. The van der Waals surface area contributed by atoms with Crippen molar-refractivity contribution in [2.24, 2.45) is 0 Å². The summed E-state index contributed by atoms with van der Waals surface area (Å²) < 4.78 is 6.56. The van der Waals surface area contributed by atoms with Crippen molar-refractivity contribution >= 4 is 32.6 Å². The van der Waals surface area contributed by atoms with Crippen LogP contribution in [0.3, 0.4) is 0 Å². The summed E-state index contributed by atoms with van der Waals surface area (Å²) in [6.45, 7) is 1.73. The lowest BCUT2D eigenvalue weighted by atomic mass is 10.1. The Labute approximate surface area is 144 Å². The first kappa shape index (κ1) is 17.5. The number of aliphatic hydroxyl groups is 1. The lowest BCUT2D eigenvalue weighted by Gasteiger charge is -2.15. The molecule has 2 N–H and O–H groups in total. The van der Waals surface area contributed by atoms with Crippen LogP contribution in [0.5, 0.6) is 5.75 Å². The maximum Gasteiger partial charge on any atom is 0.258 e. The highest BCUT2D eigenvalue weighted by molar-refractivity contribution is 9.10. The number of amides is 1. The van der Waals surface area contributed by atoms with Crippen LogP contribution in [0.25, 0.3) is 10.8 Å². The van der Waals surface area contributed by atoms with E-state index in [9.17, 15) is 9.90 Å². The summed E-state index contributed by atoms with van der Waals surface area (Å²) >= 11 is 3.44. The Morgan fingerprint density at radius 2 is 2.04 bits per heavy atom. The fraction of sp³-hybridized carbons (Fsp3) is 0.278. The minimum absolute atomic E-state index is 0.0750. The van der Waals surface area contributed by atoms with Gasteiger partial charge in [-0.1, -0.05) is 40.2 Å². The molecule has 2 aromatic carbocycles. The second kappa shape index (κ2) is 8.70. The van der Waals surface area contributed by atoms with E-state index in [-0.39, 0.29) is 25.2 Å². The van der Waals surface area contributed by atoms with E-state index in [4.69, 9.17) is 4.74 Å². The molecular weight excluding hydrogens is 358 g/mol. The van der Waals surface area contributed by atoms with Gasteiger partial charge in [0.15, 0.2) is 6.61 Å². The van der Waals surface area contributed by atoms with Gasteiger partial charge in [-0.05, 0) is 48.4 Å². The number of carbonyl (C=O) groups excluding carboxylic acids is 1. The van der Waals surface area contributed by atoms with Crippen LogP contribution in [-0.4, -0.2) is 30.3 Å². The highest BCUT2D eigenvalue weighted by atomic mass is 79.9. The van der Waals surface area contributed by atoms with E-state index in [1.165, 1.54) is 0 Å². The van der Waals surface area contributed by atoms with Crippen molar-refractivity contribution in [3.63, 3.8) is 0 Å². The molecule has 0 aromatic heterocycles. The largest absolute Gasteiger partial charge is 0.484 e. The van der Waals surface area contributed by atoms with Gasteiger partial charge in [-0.3, -0.25) is 4.79 Å². The van der Waals surface area contributed by atoms with Gasteiger partial charge in [-0.25, -0.2) is 0 Å². The molecule has 0 heterocycles. The molecule has 0 radical (unpaired) electrons. The molecule has 0 aliphatic carbocycles. The summed E-state index contributed by atoms with van der Waals surface area (Å²) in [7, 11) is 0. The summed E-state index contributed by atoms with van der Waals surface area (Å²) in [5.74, 6) is 0.397. The average molecular weight is 378 g/mol. The van der Waals surface area contributed by atoms with Crippen LogP contribution < -0.4 is 10.1 Å². The monoisotopic (exact) mass is 377 g/mol. The number of benzene rings is 2. The first-order valence-electron chi connectivity index (χ1n) is 7.46. The predicted molar refractivity (Wildman–Crippen MR) is 95.6 cm³/mol. The fourth-order valence-electron chi connectivity index (χ4n) is 2.18. The Hall–Kier alpha value is -1.85. The highest BCUT2D eigenvalue weighted by Gasteiger charge is 2.10. The van der Waals surface area contributed by atoms with Crippen LogP contribution in [0.2, 0.25) is 0 Å². The second-order valence-corrected chi connectivity index (χ2v) is 6.11. The number of hydrogen-bond donors (Lipinski definition) is 2. The van der Waals surface area contributed by atoms with Crippen LogP contribution in [0.15, 0.2) is 53.0 Å². The number of ether oxygens (including phenoxy) is 1. The lowest BCUT2D eigenvalue weighted by Crippen LogP contribution is -2.39. The van der Waals surface area contributed by atoms with Crippen LogP contribution in [0.4, 0.5) is 0 Å². The van der Waals surface area contributed by atoms with Crippen molar-refractivity contribution in [2.75, 3.05) is 13.2 Å². The van der Waals surface area contributed by atoms with Gasteiger partial charge in [0.25, 0.3) is 5.91 Å². The molecule has 0 bridgehead atoms. The molecule has 0 fully saturated rings. The van der Waals surface area contributed by atoms with Crippen molar-refractivity contribution in [2.45, 2.75) is 19.4 Å². The third-order valence-electron chi connectivity index (χ3n) is 3.39. The first-order chi connectivity index (χ1) is 11.1. The zero-order valence-electron chi connectivity index (χ0n) is 13.0. The van der Waals surface area contributed by atoms with Crippen molar-refractivity contribution in [1.29, 1.82) is 0 Å². The average Bonchev–Trinajstić information content (AvgIpc) is 2.56. The Balaban J connectivity index is 1.92. The fourth-order valence-corrected chi connectivity index (χ4v) is 2.56. The Kier molecular flexibility index (Phi) is 6.62. The number of rotatable bonds is 7. The van der Waals surface area contributed by atoms with Gasteiger partial charge >= 0.3 is 0 Å². The number of halogens is 1. The smallest absolute Gasteiger partial charge is 0.258 e. The van der Waals surface area contributed by atoms with Gasteiger partial charge in [0.05, 0.1) is 12.6 Å². The lowest BCUT2D eigenvalue weighted by molar-refractivity contribution is -0.124. The topological polar surface area (TPSA) is 58.6 Å². The van der Waals surface area contributed by atoms with Crippen LogP contribution in [0.1, 0.15) is 13.3 Å². The quantitative estimate of drug-likeness (QED) is 0.726. The summed E-state index contributed by atoms with van der Waals surface area (Å²) in [5, 5.41) is 14.1. The zero-order valence-corrected chi connectivity index (χ0v) is 14.5. The SMILES string of the molecule is C/C=C/CC(CO)NC(=O)COc1ccc2cc(Br)ccc2c1. The number of nitrogens with one attached hydrogen (secondary N) is 1. The zero-order chi connectivity index (χ0) is 16.7. The van der Waals surface area contributed by atoms with E-state index in [0.29, 0.717) is 12.2 Å². The van der Waals surface area contributed by atoms with E-state index in [2.05, 4.69) is 21.2 Å². The molecule has 0 aliphatic rings. The molecule has 1 amide bonds. The molecule has 0 spiro atoms. The van der Waals surface area contributed by atoms with Crippen molar-refractivity contribution in [3.8, 4) is 5.75 Å². The number of allylic oxidation sites excluding steroid dienone is 1. The third-order valence-corrected chi connectivity index (χ3v) is 3.88. The van der Waals surface area contributed by atoms with Gasteiger partial charge in [-0.15, -0.1) is 0 Å².